The highest BCUT2D eigenvalue weighted by atomic mass is 16.5. The summed E-state index contributed by atoms with van der Waals surface area (Å²) in [5.74, 6) is -0.0663. The summed E-state index contributed by atoms with van der Waals surface area (Å²) in [7, 11) is 0. The van der Waals surface area contributed by atoms with Crippen LogP contribution in [0.5, 0.6) is 0 Å². The van der Waals surface area contributed by atoms with Gasteiger partial charge < -0.3 is 10.1 Å². The second-order valence-corrected chi connectivity index (χ2v) is 8.39. The fourth-order valence-electron chi connectivity index (χ4n) is 4.42. The van der Waals surface area contributed by atoms with Crippen molar-refractivity contribution in [2.75, 3.05) is 18.4 Å². The van der Waals surface area contributed by atoms with E-state index in [9.17, 15) is 4.79 Å². The third kappa shape index (κ3) is 5.91. The van der Waals surface area contributed by atoms with E-state index in [0.29, 0.717) is 17.8 Å². The Hall–Kier alpha value is -2.17. The van der Waals surface area contributed by atoms with Crippen LogP contribution in [0.15, 0.2) is 54.6 Å². The molecule has 1 heterocycles. The quantitative estimate of drug-likeness (QED) is 0.730. The van der Waals surface area contributed by atoms with Crippen LogP contribution in [0.1, 0.15) is 60.9 Å². The molecule has 1 saturated heterocycles. The maximum absolute atomic E-state index is 12.4. The van der Waals surface area contributed by atoms with Crippen molar-refractivity contribution in [3.63, 3.8) is 0 Å². The minimum Gasteiger partial charge on any atom is -0.375 e. The first-order valence-electron chi connectivity index (χ1n) is 11.1. The van der Waals surface area contributed by atoms with E-state index < -0.39 is 0 Å². The number of likely N-dealkylation sites (tertiary alicyclic amines) is 1. The fraction of sp³-hybridized carbons (Fsp3) is 0.480. The maximum atomic E-state index is 12.4. The molecule has 1 aliphatic heterocycles. The number of nitrogens with zero attached hydrogens (tertiary/aromatic N) is 1. The molecule has 0 spiro atoms. The highest BCUT2D eigenvalue weighted by Gasteiger charge is 2.24. The molecule has 0 aromatic heterocycles. The molecule has 1 saturated carbocycles. The Morgan fingerprint density at radius 2 is 1.52 bits per heavy atom. The zero-order valence-electron chi connectivity index (χ0n) is 17.2. The zero-order chi connectivity index (χ0) is 19.9. The van der Waals surface area contributed by atoms with Crippen molar-refractivity contribution in [2.24, 2.45) is 0 Å². The van der Waals surface area contributed by atoms with Crippen LogP contribution in [0.2, 0.25) is 0 Å². The third-order valence-corrected chi connectivity index (χ3v) is 6.13. The summed E-state index contributed by atoms with van der Waals surface area (Å²) in [6.45, 7) is 3.12. The van der Waals surface area contributed by atoms with Gasteiger partial charge >= 0.3 is 0 Å². The number of ether oxygens (including phenoxy) is 1. The van der Waals surface area contributed by atoms with Gasteiger partial charge in [0.2, 0.25) is 0 Å². The van der Waals surface area contributed by atoms with Crippen LogP contribution in [0.4, 0.5) is 5.69 Å². The molecule has 2 aromatic rings. The van der Waals surface area contributed by atoms with Gasteiger partial charge in [-0.15, -0.1) is 0 Å². The van der Waals surface area contributed by atoms with Gasteiger partial charge in [0.15, 0.2) is 0 Å². The molecule has 1 amide bonds. The molecule has 4 rings (SSSR count). The average molecular weight is 393 g/mol. The van der Waals surface area contributed by atoms with Gasteiger partial charge in [-0.25, -0.2) is 0 Å². The number of carbonyl (C=O) groups is 1. The van der Waals surface area contributed by atoms with Gasteiger partial charge in [0.05, 0.1) is 12.2 Å². The molecule has 1 aliphatic carbocycles. The zero-order valence-corrected chi connectivity index (χ0v) is 17.2. The second-order valence-electron chi connectivity index (χ2n) is 8.39. The number of hydrogen-bond acceptors (Lipinski definition) is 3. The number of piperidine rings is 1. The van der Waals surface area contributed by atoms with Crippen molar-refractivity contribution in [1.82, 2.24) is 4.90 Å². The number of amides is 1. The number of para-hydroxylation sites is 1. The van der Waals surface area contributed by atoms with E-state index in [2.05, 4.69) is 22.3 Å². The lowest BCUT2D eigenvalue weighted by atomic mass is 9.97. The number of nitrogens with one attached hydrogen (secondary N) is 1. The lowest BCUT2D eigenvalue weighted by Gasteiger charge is -2.35. The molecule has 0 unspecified atom stereocenters. The largest absolute Gasteiger partial charge is 0.375 e. The van der Waals surface area contributed by atoms with Gasteiger partial charge in [-0.2, -0.15) is 0 Å². The smallest absolute Gasteiger partial charge is 0.255 e. The van der Waals surface area contributed by atoms with Gasteiger partial charge in [0.1, 0.15) is 0 Å². The lowest BCUT2D eigenvalue weighted by molar-refractivity contribution is -0.0565. The summed E-state index contributed by atoms with van der Waals surface area (Å²) in [6, 6.07) is 17.6. The van der Waals surface area contributed by atoms with Gasteiger partial charge in [0.25, 0.3) is 5.91 Å². The molecule has 2 aliphatic rings. The molecule has 0 radical (unpaired) electrons. The molecule has 2 fully saturated rings. The summed E-state index contributed by atoms with van der Waals surface area (Å²) in [6.07, 6.45) is 9.78. The van der Waals surface area contributed by atoms with E-state index in [1.165, 1.54) is 37.7 Å². The first-order chi connectivity index (χ1) is 14.3. The molecule has 154 valence electrons. The first kappa shape index (κ1) is 20.1. The predicted octanol–water partition coefficient (Wildman–Crippen LogP) is 5.25. The Morgan fingerprint density at radius 1 is 0.862 bits per heavy atom. The summed E-state index contributed by atoms with van der Waals surface area (Å²) in [5, 5.41) is 2.93. The van der Waals surface area contributed by atoms with Crippen LogP contribution >= 0.6 is 0 Å². The van der Waals surface area contributed by atoms with Gasteiger partial charge in [-0.3, -0.25) is 9.69 Å². The maximum Gasteiger partial charge on any atom is 0.255 e. The molecular weight excluding hydrogens is 360 g/mol. The molecular formula is C25H32N2O2. The third-order valence-electron chi connectivity index (χ3n) is 6.13. The standard InChI is InChI=1S/C25H32N2O2/c28-25(26-22-7-3-1-4-8-22)21-13-11-20(12-14-21)19-27-17-15-24(16-18-27)29-23-9-5-2-6-10-23/h1,3-4,7-8,11-14,23-24H,2,5-6,9-10,15-19H2,(H,26,28). The molecule has 4 heteroatoms. The van der Waals surface area contributed by atoms with Crippen molar-refractivity contribution < 1.29 is 9.53 Å². The molecule has 1 N–H and O–H groups in total. The van der Waals surface area contributed by atoms with Gasteiger partial charge in [0, 0.05) is 30.9 Å². The Balaban J connectivity index is 1.22. The van der Waals surface area contributed by atoms with Crippen LogP contribution < -0.4 is 5.32 Å². The van der Waals surface area contributed by atoms with Gasteiger partial charge in [-0.05, 0) is 55.5 Å². The Bertz CT molecular complexity index is 761. The molecule has 29 heavy (non-hydrogen) atoms. The summed E-state index contributed by atoms with van der Waals surface area (Å²) in [4.78, 5) is 14.9. The first-order valence-corrected chi connectivity index (χ1v) is 11.1. The van der Waals surface area contributed by atoms with E-state index in [1.54, 1.807) is 0 Å². The number of carbonyl (C=O) groups excluding carboxylic acids is 1. The number of rotatable bonds is 6. The van der Waals surface area contributed by atoms with Crippen molar-refractivity contribution in [2.45, 2.75) is 63.7 Å². The van der Waals surface area contributed by atoms with Crippen LogP contribution in [-0.4, -0.2) is 36.1 Å². The molecule has 4 nitrogen and oxygen atoms in total. The Kier molecular flexibility index (Phi) is 6.96. The van der Waals surface area contributed by atoms with E-state index in [0.717, 1.165) is 38.2 Å². The van der Waals surface area contributed by atoms with Crippen LogP contribution in [0.25, 0.3) is 0 Å². The van der Waals surface area contributed by atoms with Crippen molar-refractivity contribution in [3.8, 4) is 0 Å². The minimum atomic E-state index is -0.0663. The van der Waals surface area contributed by atoms with E-state index in [1.807, 2.05) is 42.5 Å². The van der Waals surface area contributed by atoms with Crippen molar-refractivity contribution >= 4 is 11.6 Å². The molecule has 0 atom stereocenters. The SMILES string of the molecule is O=C(Nc1ccccc1)c1ccc(CN2CCC(OC3CCCCC3)CC2)cc1. The van der Waals surface area contributed by atoms with Gasteiger partial charge in [-0.1, -0.05) is 49.6 Å². The van der Waals surface area contributed by atoms with Crippen LogP contribution in [-0.2, 0) is 11.3 Å². The average Bonchev–Trinajstić information content (AvgIpc) is 2.77. The highest BCUT2D eigenvalue weighted by molar-refractivity contribution is 6.04. The van der Waals surface area contributed by atoms with Crippen LogP contribution in [0.3, 0.4) is 0 Å². The molecule has 2 aromatic carbocycles. The monoisotopic (exact) mass is 392 g/mol. The fourth-order valence-corrected chi connectivity index (χ4v) is 4.42. The van der Waals surface area contributed by atoms with E-state index >= 15 is 0 Å². The number of anilines is 1. The topological polar surface area (TPSA) is 41.6 Å². The van der Waals surface area contributed by atoms with E-state index in [4.69, 9.17) is 4.74 Å². The number of benzene rings is 2. The number of hydrogen-bond donors (Lipinski definition) is 1. The van der Waals surface area contributed by atoms with Crippen molar-refractivity contribution in [3.05, 3.63) is 65.7 Å². The lowest BCUT2D eigenvalue weighted by Crippen LogP contribution is -2.38. The van der Waals surface area contributed by atoms with Crippen LogP contribution in [0, 0.1) is 0 Å². The van der Waals surface area contributed by atoms with E-state index in [-0.39, 0.29) is 5.91 Å². The Morgan fingerprint density at radius 3 is 2.21 bits per heavy atom. The minimum absolute atomic E-state index is 0.0663. The summed E-state index contributed by atoms with van der Waals surface area (Å²) in [5.41, 5.74) is 2.77. The predicted molar refractivity (Wildman–Crippen MR) is 117 cm³/mol. The molecule has 0 bridgehead atoms. The highest BCUT2D eigenvalue weighted by Crippen LogP contribution is 2.25. The van der Waals surface area contributed by atoms with Crippen molar-refractivity contribution in [1.29, 1.82) is 0 Å². The summed E-state index contributed by atoms with van der Waals surface area (Å²) >= 11 is 0. The second kappa shape index (κ2) is 10.0. The Labute approximate surface area is 174 Å². The normalized spacial score (nSPS) is 19.2. The summed E-state index contributed by atoms with van der Waals surface area (Å²) < 4.78 is 6.35.